The zero-order valence-corrected chi connectivity index (χ0v) is 19.4. The summed E-state index contributed by atoms with van der Waals surface area (Å²) in [6, 6.07) is 4.61. The van der Waals surface area contributed by atoms with Gasteiger partial charge in [0.05, 0.1) is 28.7 Å². The molecule has 178 valence electrons. The van der Waals surface area contributed by atoms with Crippen LogP contribution in [-0.4, -0.2) is 76.4 Å². The third kappa shape index (κ3) is 8.76. The van der Waals surface area contributed by atoms with Crippen LogP contribution in [0.3, 0.4) is 0 Å². The van der Waals surface area contributed by atoms with Gasteiger partial charge in [-0.1, -0.05) is 36.0 Å². The number of piperazine rings is 1. The molecule has 12 heteroatoms. The number of unbranched alkanes of at least 4 members (excludes halogenated alkanes) is 1. The molecule has 1 saturated heterocycles. The maximum atomic E-state index is 12.5. The Morgan fingerprint density at radius 2 is 1.88 bits per heavy atom. The number of amides is 2. The van der Waals surface area contributed by atoms with Gasteiger partial charge in [0, 0.05) is 18.8 Å². The van der Waals surface area contributed by atoms with Crippen LogP contribution in [0.5, 0.6) is 0 Å². The van der Waals surface area contributed by atoms with Gasteiger partial charge >= 0.3 is 19.1 Å². The van der Waals surface area contributed by atoms with E-state index < -0.39 is 19.0 Å². The van der Waals surface area contributed by atoms with E-state index in [0.717, 1.165) is 0 Å². The summed E-state index contributed by atoms with van der Waals surface area (Å²) in [5, 5.41) is 30.7. The van der Waals surface area contributed by atoms with Crippen molar-refractivity contribution in [3.05, 3.63) is 28.2 Å². The number of aliphatic carboxylic acids is 1. The number of nitrogens with zero attached hydrogens (tertiary/aromatic N) is 2. The maximum Gasteiger partial charge on any atom is 0.451 e. The van der Waals surface area contributed by atoms with Crippen molar-refractivity contribution in [3.63, 3.8) is 0 Å². The number of carbonyl (C=O) groups is 2. The van der Waals surface area contributed by atoms with Gasteiger partial charge < -0.3 is 31.1 Å². The average molecular weight is 489 g/mol. The molecule has 1 aromatic rings. The van der Waals surface area contributed by atoms with E-state index in [2.05, 4.69) is 10.2 Å². The Morgan fingerprint density at radius 1 is 1.16 bits per heavy atom. The molecule has 1 fully saturated rings. The summed E-state index contributed by atoms with van der Waals surface area (Å²) in [5.74, 6) is -1.29. The number of urea groups is 1. The van der Waals surface area contributed by atoms with E-state index in [4.69, 9.17) is 39.0 Å². The second kappa shape index (κ2) is 13.2. The zero-order valence-electron chi connectivity index (χ0n) is 17.9. The fraction of sp³-hybridized carbons (Fsp3) is 0.600. The minimum atomic E-state index is -1.34. The zero-order chi connectivity index (χ0) is 23.7. The first-order valence-corrected chi connectivity index (χ1v) is 11.5. The SMILES string of the molecule is NC1CN(C(=O)Nc2ccc(Cl)c(Cl)c2)CCN1CCCC(CCCCB(O)O)C(=O)O. The smallest absolute Gasteiger partial charge is 0.451 e. The van der Waals surface area contributed by atoms with Crippen LogP contribution < -0.4 is 11.1 Å². The Morgan fingerprint density at radius 3 is 2.50 bits per heavy atom. The first-order valence-electron chi connectivity index (χ1n) is 10.8. The Kier molecular flexibility index (Phi) is 11.0. The molecule has 2 amide bonds. The molecule has 1 aliphatic rings. The molecule has 9 nitrogen and oxygen atoms in total. The number of hydrogen-bond donors (Lipinski definition) is 5. The Hall–Kier alpha value is -1.56. The number of anilines is 1. The van der Waals surface area contributed by atoms with Gasteiger partial charge in [0.2, 0.25) is 0 Å². The number of hydrogen-bond acceptors (Lipinski definition) is 6. The minimum Gasteiger partial charge on any atom is -0.481 e. The standard InChI is InChI=1S/C20H31BCl2N4O5/c22-16-7-6-15(12-17(16)23)25-20(30)27-11-10-26(18(24)13-27)9-3-5-14(19(28)29)4-1-2-8-21(31)32/h6-7,12,14,18,31-32H,1-5,8-11,13,24H2,(H,25,30)(H,28,29). The highest BCUT2D eigenvalue weighted by molar-refractivity contribution is 6.42. The van der Waals surface area contributed by atoms with E-state index in [1.807, 2.05) is 0 Å². The first kappa shape index (κ1) is 26.7. The molecule has 0 bridgehead atoms. The van der Waals surface area contributed by atoms with Crippen LogP contribution in [0.15, 0.2) is 18.2 Å². The Labute approximate surface area is 198 Å². The van der Waals surface area contributed by atoms with E-state index in [9.17, 15) is 14.7 Å². The largest absolute Gasteiger partial charge is 0.481 e. The van der Waals surface area contributed by atoms with Gasteiger partial charge in [-0.15, -0.1) is 0 Å². The number of nitrogens with one attached hydrogen (secondary N) is 1. The fourth-order valence-corrected chi connectivity index (χ4v) is 4.03. The number of carbonyl (C=O) groups excluding carboxylic acids is 1. The highest BCUT2D eigenvalue weighted by atomic mass is 35.5. The van der Waals surface area contributed by atoms with Gasteiger partial charge in [-0.2, -0.15) is 0 Å². The number of carboxylic acids is 1. The van der Waals surface area contributed by atoms with Gasteiger partial charge in [-0.3, -0.25) is 9.69 Å². The lowest BCUT2D eigenvalue weighted by Gasteiger charge is -2.39. The molecule has 6 N–H and O–H groups in total. The van der Waals surface area contributed by atoms with Gasteiger partial charge in [0.15, 0.2) is 0 Å². The van der Waals surface area contributed by atoms with Crippen molar-refractivity contribution < 1.29 is 24.7 Å². The second-order valence-electron chi connectivity index (χ2n) is 8.05. The van der Waals surface area contributed by atoms with Crippen LogP contribution in [0, 0.1) is 5.92 Å². The van der Waals surface area contributed by atoms with E-state index in [0.29, 0.717) is 74.0 Å². The van der Waals surface area contributed by atoms with Crippen molar-refractivity contribution in [3.8, 4) is 0 Å². The summed E-state index contributed by atoms with van der Waals surface area (Å²) in [6.07, 6.45) is 2.86. The number of halogens is 2. The van der Waals surface area contributed by atoms with Crippen molar-refractivity contribution in [1.82, 2.24) is 9.80 Å². The molecule has 1 aliphatic heterocycles. The van der Waals surface area contributed by atoms with Gasteiger partial charge in [0.25, 0.3) is 0 Å². The van der Waals surface area contributed by atoms with Crippen LogP contribution in [0.4, 0.5) is 10.5 Å². The van der Waals surface area contributed by atoms with Crippen LogP contribution in [0.1, 0.15) is 32.1 Å². The van der Waals surface area contributed by atoms with Crippen LogP contribution in [-0.2, 0) is 4.79 Å². The first-order chi connectivity index (χ1) is 15.2. The molecule has 0 aromatic heterocycles. The molecule has 32 heavy (non-hydrogen) atoms. The Bertz CT molecular complexity index is 774. The summed E-state index contributed by atoms with van der Waals surface area (Å²) in [7, 11) is -1.34. The fourth-order valence-electron chi connectivity index (χ4n) is 3.74. The average Bonchev–Trinajstić information content (AvgIpc) is 2.73. The van der Waals surface area contributed by atoms with E-state index >= 15 is 0 Å². The summed E-state index contributed by atoms with van der Waals surface area (Å²) >= 11 is 11.9. The monoisotopic (exact) mass is 488 g/mol. The molecule has 2 rings (SSSR count). The number of rotatable bonds is 11. The topological polar surface area (TPSA) is 139 Å². The van der Waals surface area contributed by atoms with Crippen molar-refractivity contribution in [2.75, 3.05) is 31.5 Å². The molecular formula is C20H31BCl2N4O5. The molecule has 0 aliphatic carbocycles. The predicted octanol–water partition coefficient (Wildman–Crippen LogP) is 2.55. The van der Waals surface area contributed by atoms with Gasteiger partial charge in [-0.05, 0) is 50.3 Å². The number of benzene rings is 1. The van der Waals surface area contributed by atoms with Crippen molar-refractivity contribution in [2.24, 2.45) is 11.7 Å². The Balaban J connectivity index is 1.73. The lowest BCUT2D eigenvalue weighted by Crippen LogP contribution is -2.59. The highest BCUT2D eigenvalue weighted by Gasteiger charge is 2.27. The molecular weight excluding hydrogens is 458 g/mol. The predicted molar refractivity (Wildman–Crippen MR) is 126 cm³/mol. The van der Waals surface area contributed by atoms with Crippen LogP contribution in [0.25, 0.3) is 0 Å². The molecule has 2 unspecified atom stereocenters. The van der Waals surface area contributed by atoms with Crippen LogP contribution in [0.2, 0.25) is 16.4 Å². The van der Waals surface area contributed by atoms with Crippen LogP contribution >= 0.6 is 23.2 Å². The molecule has 1 heterocycles. The summed E-state index contributed by atoms with van der Waals surface area (Å²) in [4.78, 5) is 27.7. The third-order valence-electron chi connectivity index (χ3n) is 5.60. The lowest BCUT2D eigenvalue weighted by molar-refractivity contribution is -0.142. The summed E-state index contributed by atoms with van der Waals surface area (Å²) in [6.45, 7) is 2.12. The quantitative estimate of drug-likeness (QED) is 0.238. The highest BCUT2D eigenvalue weighted by Crippen LogP contribution is 2.25. The molecule has 2 atom stereocenters. The molecule has 0 radical (unpaired) electrons. The summed E-state index contributed by atoms with van der Waals surface area (Å²) in [5.41, 5.74) is 6.80. The minimum absolute atomic E-state index is 0.254. The van der Waals surface area contributed by atoms with Gasteiger partial charge in [0.1, 0.15) is 0 Å². The van der Waals surface area contributed by atoms with E-state index in [1.165, 1.54) is 0 Å². The van der Waals surface area contributed by atoms with Crippen molar-refractivity contribution in [1.29, 1.82) is 0 Å². The molecule has 0 saturated carbocycles. The second-order valence-corrected chi connectivity index (χ2v) is 8.87. The number of nitrogens with two attached hydrogens (primary N) is 1. The summed E-state index contributed by atoms with van der Waals surface area (Å²) < 4.78 is 0. The van der Waals surface area contributed by atoms with E-state index in [1.54, 1.807) is 23.1 Å². The third-order valence-corrected chi connectivity index (χ3v) is 6.34. The van der Waals surface area contributed by atoms with Crippen molar-refractivity contribution in [2.45, 2.75) is 44.6 Å². The normalized spacial score (nSPS) is 17.8. The maximum absolute atomic E-state index is 12.5. The van der Waals surface area contributed by atoms with Crippen molar-refractivity contribution >= 4 is 48.0 Å². The number of carboxylic acid groups (broad SMARTS) is 1. The van der Waals surface area contributed by atoms with Gasteiger partial charge in [-0.25, -0.2) is 4.79 Å². The van der Waals surface area contributed by atoms with E-state index in [-0.39, 0.29) is 18.5 Å². The molecule has 1 aromatic carbocycles. The lowest BCUT2D eigenvalue weighted by atomic mass is 9.82. The molecule has 0 spiro atoms.